The van der Waals surface area contributed by atoms with Gasteiger partial charge in [0, 0.05) is 31.4 Å². The van der Waals surface area contributed by atoms with Crippen LogP contribution in [0, 0.1) is 0 Å². The summed E-state index contributed by atoms with van der Waals surface area (Å²) in [5.41, 5.74) is 0.300. The van der Waals surface area contributed by atoms with E-state index in [1.807, 2.05) is 52.8 Å². The third-order valence-electron chi connectivity index (χ3n) is 3.66. The summed E-state index contributed by atoms with van der Waals surface area (Å²) in [7, 11) is 3.19. The van der Waals surface area contributed by atoms with Gasteiger partial charge >= 0.3 is 6.09 Å². The summed E-state index contributed by atoms with van der Waals surface area (Å²) in [6.45, 7) is 11.6. The van der Waals surface area contributed by atoms with Crippen molar-refractivity contribution in [2.75, 3.05) is 45.7 Å². The van der Waals surface area contributed by atoms with Gasteiger partial charge in [0.25, 0.3) is 0 Å². The van der Waals surface area contributed by atoms with Crippen LogP contribution in [-0.2, 0) is 4.74 Å². The van der Waals surface area contributed by atoms with Crippen LogP contribution in [-0.4, -0.2) is 63.0 Å². The second-order valence-electron chi connectivity index (χ2n) is 7.02. The molecule has 2 N–H and O–H groups in total. The molecule has 1 aromatic rings. The third kappa shape index (κ3) is 7.94. The molecule has 0 bridgehead atoms. The number of likely N-dealkylation sites (N-methyl/N-ethyl adjacent to an activating group) is 1. The van der Waals surface area contributed by atoms with Gasteiger partial charge in [0.15, 0.2) is 17.5 Å². The standard InChI is InChI=1S/C20H34N4O4/c1-8-21-18(23-15-10-11-16(26-6)17(14-15)27-7)22-12-13-24(9-2)19(25)28-20(3,4)5/h10-11,14H,8-9,12-13H2,1-7H3,(H2,21,22,23). The normalized spacial score (nSPS) is 11.6. The molecule has 8 heteroatoms. The minimum atomic E-state index is -0.516. The molecule has 1 rings (SSSR count). The number of rotatable bonds is 8. The zero-order valence-corrected chi connectivity index (χ0v) is 18.1. The molecule has 8 nitrogen and oxygen atoms in total. The Hall–Kier alpha value is -2.64. The van der Waals surface area contributed by atoms with Gasteiger partial charge in [-0.2, -0.15) is 0 Å². The third-order valence-corrected chi connectivity index (χ3v) is 3.66. The second kappa shape index (κ2) is 11.3. The van der Waals surface area contributed by atoms with E-state index in [0.717, 1.165) is 5.69 Å². The van der Waals surface area contributed by atoms with Crippen molar-refractivity contribution in [1.29, 1.82) is 0 Å². The van der Waals surface area contributed by atoms with Crippen molar-refractivity contribution >= 4 is 17.7 Å². The molecule has 28 heavy (non-hydrogen) atoms. The fraction of sp³-hybridized carbons (Fsp3) is 0.600. The van der Waals surface area contributed by atoms with Crippen LogP contribution >= 0.6 is 0 Å². The van der Waals surface area contributed by atoms with Crippen LogP contribution in [0.5, 0.6) is 11.5 Å². The molecule has 0 unspecified atom stereocenters. The quantitative estimate of drug-likeness (QED) is 0.520. The zero-order valence-electron chi connectivity index (χ0n) is 18.1. The monoisotopic (exact) mass is 394 g/mol. The van der Waals surface area contributed by atoms with Gasteiger partial charge in [-0.15, -0.1) is 0 Å². The average Bonchev–Trinajstić information content (AvgIpc) is 2.63. The molecule has 0 heterocycles. The Morgan fingerprint density at radius 1 is 1.14 bits per heavy atom. The number of aliphatic imine (C=N–C) groups is 1. The van der Waals surface area contributed by atoms with Gasteiger partial charge in [-0.1, -0.05) is 0 Å². The Morgan fingerprint density at radius 3 is 2.36 bits per heavy atom. The Balaban J connectivity index is 2.77. The van der Waals surface area contributed by atoms with Gasteiger partial charge in [0.05, 0.1) is 20.8 Å². The van der Waals surface area contributed by atoms with Crippen molar-refractivity contribution in [2.24, 2.45) is 4.99 Å². The van der Waals surface area contributed by atoms with Gasteiger partial charge in [-0.25, -0.2) is 4.79 Å². The van der Waals surface area contributed by atoms with Crippen LogP contribution in [0.4, 0.5) is 10.5 Å². The summed E-state index contributed by atoms with van der Waals surface area (Å²) >= 11 is 0. The zero-order chi connectivity index (χ0) is 21.2. The molecule has 0 aliphatic heterocycles. The number of methoxy groups -OCH3 is 2. The number of anilines is 1. The van der Waals surface area contributed by atoms with E-state index in [-0.39, 0.29) is 6.09 Å². The highest BCUT2D eigenvalue weighted by molar-refractivity contribution is 5.93. The van der Waals surface area contributed by atoms with E-state index in [1.165, 1.54) is 0 Å². The second-order valence-corrected chi connectivity index (χ2v) is 7.02. The first kappa shape index (κ1) is 23.4. The van der Waals surface area contributed by atoms with Crippen LogP contribution in [0.3, 0.4) is 0 Å². The first-order valence-corrected chi connectivity index (χ1v) is 9.49. The van der Waals surface area contributed by atoms with Gasteiger partial charge in [-0.05, 0) is 46.8 Å². The molecule has 1 amide bonds. The predicted octanol–water partition coefficient (Wildman–Crippen LogP) is 3.34. The molecule has 0 aliphatic carbocycles. The summed E-state index contributed by atoms with van der Waals surface area (Å²) < 4.78 is 16.0. The lowest BCUT2D eigenvalue weighted by atomic mass is 10.2. The summed E-state index contributed by atoms with van der Waals surface area (Å²) in [4.78, 5) is 18.4. The molecule has 0 aromatic heterocycles. The molecular weight excluding hydrogens is 360 g/mol. The highest BCUT2D eigenvalue weighted by Gasteiger charge is 2.20. The molecule has 0 saturated heterocycles. The Morgan fingerprint density at radius 2 is 1.82 bits per heavy atom. The summed E-state index contributed by atoms with van der Waals surface area (Å²) in [6, 6.07) is 5.55. The van der Waals surface area contributed by atoms with E-state index < -0.39 is 5.60 Å². The topological polar surface area (TPSA) is 84.4 Å². The van der Waals surface area contributed by atoms with E-state index in [9.17, 15) is 4.79 Å². The van der Waals surface area contributed by atoms with Gasteiger partial charge < -0.3 is 29.7 Å². The summed E-state index contributed by atoms with van der Waals surface area (Å²) in [5.74, 6) is 1.91. The molecule has 0 aliphatic rings. The van der Waals surface area contributed by atoms with E-state index in [1.54, 1.807) is 19.1 Å². The van der Waals surface area contributed by atoms with Crippen molar-refractivity contribution in [3.63, 3.8) is 0 Å². The van der Waals surface area contributed by atoms with Crippen molar-refractivity contribution in [3.8, 4) is 11.5 Å². The van der Waals surface area contributed by atoms with Crippen LogP contribution in [0.25, 0.3) is 0 Å². The Kier molecular flexibility index (Phi) is 9.41. The van der Waals surface area contributed by atoms with Gasteiger partial charge in [0.2, 0.25) is 0 Å². The lowest BCUT2D eigenvalue weighted by Gasteiger charge is -2.26. The maximum absolute atomic E-state index is 12.2. The van der Waals surface area contributed by atoms with E-state index >= 15 is 0 Å². The van der Waals surface area contributed by atoms with Crippen molar-refractivity contribution in [2.45, 2.75) is 40.2 Å². The van der Waals surface area contributed by atoms with Crippen molar-refractivity contribution in [1.82, 2.24) is 10.2 Å². The fourth-order valence-electron chi connectivity index (χ4n) is 2.35. The molecule has 0 spiro atoms. The number of hydrogen-bond acceptors (Lipinski definition) is 5. The Bertz CT molecular complexity index is 656. The number of carbonyl (C=O) groups is 1. The number of amides is 1. The van der Waals surface area contributed by atoms with E-state index in [0.29, 0.717) is 43.6 Å². The SMILES string of the molecule is CCNC(=NCCN(CC)C(=O)OC(C)(C)C)Nc1ccc(OC)c(OC)c1. The number of carbonyl (C=O) groups excluding carboxylic acids is 1. The number of benzene rings is 1. The number of hydrogen-bond donors (Lipinski definition) is 2. The van der Waals surface area contributed by atoms with Crippen LogP contribution in [0.2, 0.25) is 0 Å². The summed E-state index contributed by atoms with van der Waals surface area (Å²) in [6.07, 6.45) is -0.331. The first-order chi connectivity index (χ1) is 13.2. The molecule has 0 saturated carbocycles. The minimum Gasteiger partial charge on any atom is -0.493 e. The molecular formula is C20H34N4O4. The average molecular weight is 395 g/mol. The fourth-order valence-corrected chi connectivity index (χ4v) is 2.35. The largest absolute Gasteiger partial charge is 0.493 e. The lowest BCUT2D eigenvalue weighted by Crippen LogP contribution is -2.38. The summed E-state index contributed by atoms with van der Waals surface area (Å²) in [5, 5.41) is 6.42. The number of guanidine groups is 1. The molecule has 158 valence electrons. The van der Waals surface area contributed by atoms with Crippen LogP contribution < -0.4 is 20.1 Å². The minimum absolute atomic E-state index is 0.331. The highest BCUT2D eigenvalue weighted by Crippen LogP contribution is 2.29. The van der Waals surface area contributed by atoms with Crippen LogP contribution in [0.1, 0.15) is 34.6 Å². The number of ether oxygens (including phenoxy) is 3. The predicted molar refractivity (Wildman–Crippen MR) is 113 cm³/mol. The lowest BCUT2D eigenvalue weighted by molar-refractivity contribution is 0.0266. The number of nitrogens with one attached hydrogen (secondary N) is 2. The maximum atomic E-state index is 12.2. The first-order valence-electron chi connectivity index (χ1n) is 9.49. The van der Waals surface area contributed by atoms with Gasteiger partial charge in [0.1, 0.15) is 5.60 Å². The maximum Gasteiger partial charge on any atom is 0.410 e. The molecule has 1 aromatic carbocycles. The Labute approximate surface area is 168 Å². The molecule has 0 atom stereocenters. The van der Waals surface area contributed by atoms with Crippen molar-refractivity contribution < 1.29 is 19.0 Å². The molecule has 0 radical (unpaired) electrons. The van der Waals surface area contributed by atoms with E-state index in [4.69, 9.17) is 14.2 Å². The van der Waals surface area contributed by atoms with Gasteiger partial charge in [-0.3, -0.25) is 4.99 Å². The number of nitrogens with zero attached hydrogens (tertiary/aromatic N) is 2. The highest BCUT2D eigenvalue weighted by atomic mass is 16.6. The van der Waals surface area contributed by atoms with E-state index in [2.05, 4.69) is 15.6 Å². The van der Waals surface area contributed by atoms with Crippen molar-refractivity contribution in [3.05, 3.63) is 18.2 Å². The molecule has 0 fully saturated rings. The smallest absolute Gasteiger partial charge is 0.410 e. The van der Waals surface area contributed by atoms with Crippen LogP contribution in [0.15, 0.2) is 23.2 Å².